The fourth-order valence-corrected chi connectivity index (χ4v) is 2.68. The molecule has 1 nitrogen and oxygen atoms in total. The van der Waals surface area contributed by atoms with Gasteiger partial charge in [0.2, 0.25) is 0 Å². The second-order valence-electron chi connectivity index (χ2n) is 3.62. The van der Waals surface area contributed by atoms with Gasteiger partial charge in [-0.3, -0.25) is 0 Å². The van der Waals surface area contributed by atoms with Gasteiger partial charge < -0.3 is 5.11 Å². The summed E-state index contributed by atoms with van der Waals surface area (Å²) in [4.78, 5) is 0. The molecular formula is C13H9BrCl2O. The smallest absolute Gasteiger partial charge is 0.105 e. The molecule has 0 heterocycles. The van der Waals surface area contributed by atoms with Crippen LogP contribution in [0.15, 0.2) is 46.9 Å². The molecule has 0 spiro atoms. The number of halogens is 3. The van der Waals surface area contributed by atoms with Crippen LogP contribution in [0.2, 0.25) is 10.0 Å². The van der Waals surface area contributed by atoms with E-state index in [-0.39, 0.29) is 0 Å². The Hall–Kier alpha value is -0.540. The van der Waals surface area contributed by atoms with E-state index < -0.39 is 6.10 Å². The molecule has 0 aromatic heterocycles. The third kappa shape index (κ3) is 3.02. The Kier molecular flexibility index (Phi) is 4.10. The Bertz CT molecular complexity index is 543. The molecule has 0 saturated heterocycles. The molecule has 2 aromatic rings. The van der Waals surface area contributed by atoms with Crippen molar-refractivity contribution < 1.29 is 5.11 Å². The Morgan fingerprint density at radius 1 is 1.00 bits per heavy atom. The molecule has 17 heavy (non-hydrogen) atoms. The van der Waals surface area contributed by atoms with Crippen LogP contribution in [0.5, 0.6) is 0 Å². The summed E-state index contributed by atoms with van der Waals surface area (Å²) in [6.07, 6.45) is -0.722. The molecule has 0 aliphatic heterocycles. The molecule has 0 fully saturated rings. The van der Waals surface area contributed by atoms with Crippen LogP contribution in [0.3, 0.4) is 0 Å². The maximum absolute atomic E-state index is 10.3. The molecular weight excluding hydrogens is 323 g/mol. The number of aliphatic hydroxyl groups is 1. The van der Waals surface area contributed by atoms with Gasteiger partial charge in [0.15, 0.2) is 0 Å². The summed E-state index contributed by atoms with van der Waals surface area (Å²) in [5.74, 6) is 0. The normalized spacial score (nSPS) is 12.5. The molecule has 1 N–H and O–H groups in total. The van der Waals surface area contributed by atoms with Crippen molar-refractivity contribution in [2.45, 2.75) is 6.10 Å². The van der Waals surface area contributed by atoms with E-state index in [1.807, 2.05) is 12.1 Å². The van der Waals surface area contributed by atoms with Crippen molar-refractivity contribution in [3.8, 4) is 0 Å². The zero-order valence-electron chi connectivity index (χ0n) is 8.70. The minimum Gasteiger partial charge on any atom is -0.384 e. The van der Waals surface area contributed by atoms with Gasteiger partial charge in [-0.15, -0.1) is 0 Å². The van der Waals surface area contributed by atoms with Crippen LogP contribution in [0.25, 0.3) is 0 Å². The van der Waals surface area contributed by atoms with Gasteiger partial charge in [0.1, 0.15) is 6.10 Å². The fourth-order valence-electron chi connectivity index (χ4n) is 1.58. The number of hydrogen-bond donors (Lipinski definition) is 1. The highest BCUT2D eigenvalue weighted by molar-refractivity contribution is 9.10. The zero-order chi connectivity index (χ0) is 12.4. The van der Waals surface area contributed by atoms with Crippen molar-refractivity contribution in [2.24, 2.45) is 0 Å². The van der Waals surface area contributed by atoms with Crippen molar-refractivity contribution in [3.63, 3.8) is 0 Å². The predicted octanol–water partition coefficient (Wildman–Crippen LogP) is 4.84. The van der Waals surface area contributed by atoms with E-state index in [9.17, 15) is 5.11 Å². The molecule has 0 aliphatic carbocycles. The van der Waals surface area contributed by atoms with Crippen LogP contribution in [-0.2, 0) is 0 Å². The molecule has 2 rings (SSSR count). The minimum absolute atomic E-state index is 0.603. The molecule has 0 saturated carbocycles. The molecule has 0 amide bonds. The first-order chi connectivity index (χ1) is 8.08. The molecule has 88 valence electrons. The lowest BCUT2D eigenvalue weighted by Gasteiger charge is -2.13. The lowest BCUT2D eigenvalue weighted by molar-refractivity contribution is 0.219. The van der Waals surface area contributed by atoms with Crippen LogP contribution in [0.1, 0.15) is 17.2 Å². The maximum atomic E-state index is 10.3. The van der Waals surface area contributed by atoms with Crippen LogP contribution >= 0.6 is 39.1 Å². The van der Waals surface area contributed by atoms with E-state index in [2.05, 4.69) is 15.9 Å². The van der Waals surface area contributed by atoms with Gasteiger partial charge in [-0.25, -0.2) is 0 Å². The third-order valence-electron chi connectivity index (χ3n) is 2.42. The summed E-state index contributed by atoms with van der Waals surface area (Å²) < 4.78 is 0.775. The quantitative estimate of drug-likeness (QED) is 0.835. The SMILES string of the molecule is OC(c1cccc(Cl)c1)c1ccc(Cl)cc1Br. The van der Waals surface area contributed by atoms with Gasteiger partial charge in [-0.2, -0.15) is 0 Å². The standard InChI is InChI=1S/C13H9BrCl2O/c14-12-7-10(16)4-5-11(12)13(17)8-2-1-3-9(15)6-8/h1-7,13,17H. The molecule has 0 bridgehead atoms. The Labute approximate surface area is 118 Å². The molecule has 1 unspecified atom stereocenters. The molecule has 0 aliphatic rings. The Morgan fingerprint density at radius 2 is 1.71 bits per heavy atom. The Morgan fingerprint density at radius 3 is 2.35 bits per heavy atom. The van der Waals surface area contributed by atoms with E-state index in [0.29, 0.717) is 10.0 Å². The highest BCUT2D eigenvalue weighted by Gasteiger charge is 2.14. The monoisotopic (exact) mass is 330 g/mol. The van der Waals surface area contributed by atoms with E-state index in [1.54, 1.807) is 30.3 Å². The van der Waals surface area contributed by atoms with Gasteiger partial charge in [-0.05, 0) is 35.4 Å². The summed E-state index contributed by atoms with van der Waals surface area (Å²) in [5, 5.41) is 11.5. The fraction of sp³-hybridized carbons (Fsp3) is 0.0769. The highest BCUT2D eigenvalue weighted by atomic mass is 79.9. The van der Waals surface area contributed by atoms with Gasteiger partial charge in [0, 0.05) is 14.5 Å². The average molecular weight is 332 g/mol. The average Bonchev–Trinajstić information content (AvgIpc) is 2.28. The largest absolute Gasteiger partial charge is 0.384 e. The summed E-state index contributed by atoms with van der Waals surface area (Å²) >= 11 is 15.1. The number of aliphatic hydroxyl groups excluding tert-OH is 1. The maximum Gasteiger partial charge on any atom is 0.105 e. The van der Waals surface area contributed by atoms with Gasteiger partial charge in [0.05, 0.1) is 0 Å². The second kappa shape index (κ2) is 5.40. The van der Waals surface area contributed by atoms with Crippen molar-refractivity contribution in [1.29, 1.82) is 0 Å². The summed E-state index contributed by atoms with van der Waals surface area (Å²) in [6, 6.07) is 12.4. The number of hydrogen-bond acceptors (Lipinski definition) is 1. The molecule has 4 heteroatoms. The highest BCUT2D eigenvalue weighted by Crippen LogP contribution is 2.31. The first-order valence-corrected chi connectivity index (χ1v) is 6.51. The number of rotatable bonds is 2. The van der Waals surface area contributed by atoms with E-state index in [4.69, 9.17) is 23.2 Å². The van der Waals surface area contributed by atoms with Crippen LogP contribution in [0, 0.1) is 0 Å². The molecule has 1 atom stereocenters. The second-order valence-corrected chi connectivity index (χ2v) is 5.35. The van der Waals surface area contributed by atoms with Crippen molar-refractivity contribution >= 4 is 39.1 Å². The van der Waals surface area contributed by atoms with E-state index >= 15 is 0 Å². The molecule has 2 aromatic carbocycles. The van der Waals surface area contributed by atoms with Gasteiger partial charge in [-0.1, -0.05) is 57.3 Å². The first-order valence-electron chi connectivity index (χ1n) is 4.96. The van der Waals surface area contributed by atoms with Gasteiger partial charge >= 0.3 is 0 Å². The first kappa shape index (κ1) is 12.9. The molecule has 0 radical (unpaired) electrons. The lowest BCUT2D eigenvalue weighted by atomic mass is 10.0. The predicted molar refractivity (Wildman–Crippen MR) is 74.7 cm³/mol. The zero-order valence-corrected chi connectivity index (χ0v) is 11.8. The summed E-state index contributed by atoms with van der Waals surface area (Å²) in [7, 11) is 0. The Balaban J connectivity index is 2.40. The van der Waals surface area contributed by atoms with Crippen LogP contribution in [0.4, 0.5) is 0 Å². The minimum atomic E-state index is -0.722. The third-order valence-corrected chi connectivity index (χ3v) is 3.58. The van der Waals surface area contributed by atoms with Crippen LogP contribution in [-0.4, -0.2) is 5.11 Å². The summed E-state index contributed by atoms with van der Waals surface area (Å²) in [5.41, 5.74) is 1.51. The van der Waals surface area contributed by atoms with Crippen molar-refractivity contribution in [3.05, 3.63) is 68.1 Å². The summed E-state index contributed by atoms with van der Waals surface area (Å²) in [6.45, 7) is 0. The van der Waals surface area contributed by atoms with Crippen molar-refractivity contribution in [2.75, 3.05) is 0 Å². The van der Waals surface area contributed by atoms with Crippen LogP contribution < -0.4 is 0 Å². The lowest BCUT2D eigenvalue weighted by Crippen LogP contribution is -2.00. The van der Waals surface area contributed by atoms with Crippen molar-refractivity contribution in [1.82, 2.24) is 0 Å². The van der Waals surface area contributed by atoms with E-state index in [0.717, 1.165) is 15.6 Å². The van der Waals surface area contributed by atoms with Gasteiger partial charge in [0.25, 0.3) is 0 Å². The van der Waals surface area contributed by atoms with E-state index in [1.165, 1.54) is 0 Å². The number of benzene rings is 2. The topological polar surface area (TPSA) is 20.2 Å².